The number of hydrogen-bond donors (Lipinski definition) is 1. The molecule has 1 saturated heterocycles. The highest BCUT2D eigenvalue weighted by Gasteiger charge is 2.11. The molecule has 1 fully saturated rings. The van der Waals surface area contributed by atoms with Crippen molar-refractivity contribution in [3.8, 4) is 0 Å². The monoisotopic (exact) mass is 334 g/mol. The maximum atomic E-state index is 5.41. The van der Waals surface area contributed by atoms with Crippen molar-refractivity contribution in [2.45, 2.75) is 12.8 Å². The molecular formula is C20H22N4O. The van der Waals surface area contributed by atoms with Gasteiger partial charge in [-0.15, -0.1) is 0 Å². The van der Waals surface area contributed by atoms with Gasteiger partial charge in [-0.25, -0.2) is 9.97 Å². The molecule has 1 aromatic heterocycles. The maximum Gasteiger partial charge on any atom is 0.227 e. The van der Waals surface area contributed by atoms with Crippen molar-refractivity contribution in [1.29, 1.82) is 0 Å². The molecule has 2 aromatic rings. The summed E-state index contributed by atoms with van der Waals surface area (Å²) in [5.74, 6) is 0.632. The molecule has 2 aliphatic rings. The first-order valence-corrected chi connectivity index (χ1v) is 8.76. The van der Waals surface area contributed by atoms with Crippen LogP contribution in [-0.4, -0.2) is 36.3 Å². The minimum atomic E-state index is 0.632. The molecule has 1 aliphatic carbocycles. The van der Waals surface area contributed by atoms with Gasteiger partial charge in [0.1, 0.15) is 0 Å². The number of ether oxygens (including phenoxy) is 1. The number of rotatable bonds is 4. The molecule has 0 atom stereocenters. The minimum Gasteiger partial charge on any atom is -0.378 e. The van der Waals surface area contributed by atoms with E-state index in [0.717, 1.165) is 50.5 Å². The topological polar surface area (TPSA) is 50.3 Å². The van der Waals surface area contributed by atoms with Gasteiger partial charge in [0.15, 0.2) is 0 Å². The maximum absolute atomic E-state index is 5.41. The average Bonchev–Trinajstić information content (AvgIpc) is 2.70. The van der Waals surface area contributed by atoms with Gasteiger partial charge in [0.2, 0.25) is 5.95 Å². The number of morpholine rings is 1. The molecule has 2 heterocycles. The van der Waals surface area contributed by atoms with Crippen molar-refractivity contribution < 1.29 is 4.74 Å². The second-order valence-electron chi connectivity index (χ2n) is 6.18. The first-order valence-electron chi connectivity index (χ1n) is 8.76. The molecular weight excluding hydrogens is 312 g/mol. The lowest BCUT2D eigenvalue weighted by molar-refractivity contribution is 0.122. The number of anilines is 3. The lowest BCUT2D eigenvalue weighted by Crippen LogP contribution is -2.36. The Kier molecular flexibility index (Phi) is 4.74. The van der Waals surface area contributed by atoms with Crippen molar-refractivity contribution in [3.63, 3.8) is 0 Å². The number of hydrogen-bond acceptors (Lipinski definition) is 5. The Morgan fingerprint density at radius 3 is 2.60 bits per heavy atom. The highest BCUT2D eigenvalue weighted by molar-refractivity contribution is 5.66. The van der Waals surface area contributed by atoms with Gasteiger partial charge in [0.05, 0.1) is 18.9 Å². The fourth-order valence-electron chi connectivity index (χ4n) is 3.11. The summed E-state index contributed by atoms with van der Waals surface area (Å²) in [4.78, 5) is 11.3. The molecule has 0 amide bonds. The lowest BCUT2D eigenvalue weighted by atomic mass is 10.0. The molecule has 0 spiro atoms. The van der Waals surface area contributed by atoms with Crippen LogP contribution in [-0.2, 0) is 4.74 Å². The molecule has 0 saturated carbocycles. The number of aromatic nitrogens is 2. The van der Waals surface area contributed by atoms with Gasteiger partial charge in [0, 0.05) is 30.7 Å². The summed E-state index contributed by atoms with van der Waals surface area (Å²) in [7, 11) is 0. The van der Waals surface area contributed by atoms with E-state index < -0.39 is 0 Å². The Labute approximate surface area is 148 Å². The molecule has 1 aliphatic heterocycles. The van der Waals surface area contributed by atoms with Gasteiger partial charge in [-0.3, -0.25) is 0 Å². The molecule has 128 valence electrons. The van der Waals surface area contributed by atoms with Crippen molar-refractivity contribution in [1.82, 2.24) is 9.97 Å². The number of allylic oxidation sites excluding steroid dienone is 4. The predicted octanol–water partition coefficient (Wildman–Crippen LogP) is 3.79. The van der Waals surface area contributed by atoms with E-state index in [-0.39, 0.29) is 0 Å². The Balaban J connectivity index is 1.45. The van der Waals surface area contributed by atoms with Crippen molar-refractivity contribution in [3.05, 3.63) is 60.5 Å². The second-order valence-corrected chi connectivity index (χ2v) is 6.18. The molecule has 5 heteroatoms. The van der Waals surface area contributed by atoms with E-state index in [1.165, 1.54) is 11.3 Å². The molecule has 4 rings (SSSR count). The largest absolute Gasteiger partial charge is 0.378 e. The third-order valence-electron chi connectivity index (χ3n) is 4.49. The summed E-state index contributed by atoms with van der Waals surface area (Å²) in [5, 5.41) is 3.30. The van der Waals surface area contributed by atoms with Crippen LogP contribution in [0.3, 0.4) is 0 Å². The molecule has 0 unspecified atom stereocenters. The summed E-state index contributed by atoms with van der Waals surface area (Å²) in [6.45, 7) is 3.49. The Hall–Kier alpha value is -2.66. The van der Waals surface area contributed by atoms with Crippen molar-refractivity contribution in [2.75, 3.05) is 36.5 Å². The normalized spacial score (nSPS) is 17.3. The van der Waals surface area contributed by atoms with Crippen molar-refractivity contribution in [2.24, 2.45) is 0 Å². The van der Waals surface area contributed by atoms with E-state index in [4.69, 9.17) is 4.74 Å². The summed E-state index contributed by atoms with van der Waals surface area (Å²) >= 11 is 0. The van der Waals surface area contributed by atoms with E-state index >= 15 is 0 Å². The summed E-state index contributed by atoms with van der Waals surface area (Å²) in [6.07, 6.45) is 10.3. The van der Waals surface area contributed by atoms with Crippen LogP contribution in [0.15, 0.2) is 54.8 Å². The number of benzene rings is 1. The molecule has 1 aromatic carbocycles. The fraction of sp³-hybridized carbons (Fsp3) is 0.300. The third-order valence-corrected chi connectivity index (χ3v) is 4.49. The van der Waals surface area contributed by atoms with Crippen LogP contribution in [0.2, 0.25) is 0 Å². The molecule has 5 nitrogen and oxygen atoms in total. The lowest BCUT2D eigenvalue weighted by Gasteiger charge is -2.28. The van der Waals surface area contributed by atoms with Crippen LogP contribution in [0.1, 0.15) is 18.5 Å². The van der Waals surface area contributed by atoms with E-state index in [2.05, 4.69) is 62.7 Å². The fourth-order valence-corrected chi connectivity index (χ4v) is 3.11. The van der Waals surface area contributed by atoms with Crippen LogP contribution in [0.25, 0.3) is 5.57 Å². The molecule has 25 heavy (non-hydrogen) atoms. The Morgan fingerprint density at radius 1 is 1.00 bits per heavy atom. The molecule has 0 radical (unpaired) electrons. The SMILES string of the molecule is C1=CCC(c2ccnc(Nc3ccc(N4CCOCC4)cc3)n2)=CC1. The van der Waals surface area contributed by atoms with E-state index in [1.807, 2.05) is 12.3 Å². The van der Waals surface area contributed by atoms with E-state index in [9.17, 15) is 0 Å². The zero-order valence-electron chi connectivity index (χ0n) is 14.2. The Morgan fingerprint density at radius 2 is 1.84 bits per heavy atom. The molecule has 0 bridgehead atoms. The average molecular weight is 334 g/mol. The first-order chi connectivity index (χ1) is 12.4. The van der Waals surface area contributed by atoms with Gasteiger partial charge >= 0.3 is 0 Å². The number of nitrogens with one attached hydrogen (secondary N) is 1. The summed E-state index contributed by atoms with van der Waals surface area (Å²) in [5.41, 5.74) is 4.47. The van der Waals surface area contributed by atoms with Crippen molar-refractivity contribution >= 4 is 22.9 Å². The highest BCUT2D eigenvalue weighted by atomic mass is 16.5. The van der Waals surface area contributed by atoms with Gasteiger partial charge in [0.25, 0.3) is 0 Å². The zero-order valence-corrected chi connectivity index (χ0v) is 14.2. The van der Waals surface area contributed by atoms with Gasteiger partial charge < -0.3 is 15.0 Å². The van der Waals surface area contributed by atoms with E-state index in [0.29, 0.717) is 5.95 Å². The predicted molar refractivity (Wildman–Crippen MR) is 101 cm³/mol. The van der Waals surface area contributed by atoms with Gasteiger partial charge in [-0.2, -0.15) is 0 Å². The van der Waals surface area contributed by atoms with Crippen LogP contribution in [0.5, 0.6) is 0 Å². The van der Waals surface area contributed by atoms with Crippen LogP contribution in [0, 0.1) is 0 Å². The quantitative estimate of drug-likeness (QED) is 0.862. The Bertz CT molecular complexity index is 777. The van der Waals surface area contributed by atoms with Crippen LogP contribution in [0.4, 0.5) is 17.3 Å². The standard InChI is InChI=1S/C20H22N4O/c1-2-4-16(5-3-1)19-10-11-21-20(23-19)22-17-6-8-18(9-7-17)24-12-14-25-15-13-24/h1-2,5-11H,3-4,12-15H2,(H,21,22,23). The highest BCUT2D eigenvalue weighted by Crippen LogP contribution is 2.24. The molecule has 1 N–H and O–H groups in total. The smallest absolute Gasteiger partial charge is 0.227 e. The second kappa shape index (κ2) is 7.49. The zero-order chi connectivity index (χ0) is 16.9. The number of nitrogens with zero attached hydrogens (tertiary/aromatic N) is 3. The van der Waals surface area contributed by atoms with Gasteiger partial charge in [-0.05, 0) is 48.7 Å². The summed E-state index contributed by atoms with van der Waals surface area (Å²) in [6, 6.07) is 10.4. The van der Waals surface area contributed by atoms with E-state index in [1.54, 1.807) is 0 Å². The third kappa shape index (κ3) is 3.88. The van der Waals surface area contributed by atoms with Crippen LogP contribution >= 0.6 is 0 Å². The summed E-state index contributed by atoms with van der Waals surface area (Å²) < 4.78 is 5.41. The minimum absolute atomic E-state index is 0.632. The first kappa shape index (κ1) is 15.8. The van der Waals surface area contributed by atoms with Crippen LogP contribution < -0.4 is 10.2 Å². The van der Waals surface area contributed by atoms with Gasteiger partial charge in [-0.1, -0.05) is 18.2 Å².